The Labute approximate surface area is 98.1 Å². The summed E-state index contributed by atoms with van der Waals surface area (Å²) in [7, 11) is 0. The summed E-state index contributed by atoms with van der Waals surface area (Å²) in [5, 5.41) is 11.0. The van der Waals surface area contributed by atoms with Crippen LogP contribution in [0.1, 0.15) is 5.69 Å². The molecule has 0 fully saturated rings. The van der Waals surface area contributed by atoms with Gasteiger partial charge in [-0.25, -0.2) is 4.98 Å². The molecule has 0 atom stereocenters. The predicted molar refractivity (Wildman–Crippen MR) is 65.5 cm³/mol. The number of nitrogens with two attached hydrogens (primary N) is 1. The van der Waals surface area contributed by atoms with Crippen LogP contribution in [0.15, 0.2) is 36.4 Å². The fourth-order valence-electron chi connectivity index (χ4n) is 1.56. The van der Waals surface area contributed by atoms with Gasteiger partial charge in [0.05, 0.1) is 16.3 Å². The van der Waals surface area contributed by atoms with E-state index in [4.69, 9.17) is 5.73 Å². The maximum Gasteiger partial charge on any atom is 0.297 e. The first-order chi connectivity index (χ1) is 8.09. The third-order valence-electron chi connectivity index (χ3n) is 2.48. The molecule has 86 valence electrons. The number of hydrogen-bond donors (Lipinski definition) is 1. The van der Waals surface area contributed by atoms with Gasteiger partial charge in [-0.3, -0.25) is 10.1 Å². The van der Waals surface area contributed by atoms with Crippen molar-refractivity contribution in [3.05, 3.63) is 52.2 Å². The number of nitro groups is 1. The van der Waals surface area contributed by atoms with Crippen LogP contribution >= 0.6 is 0 Å². The number of hydrogen-bond acceptors (Lipinski definition) is 4. The Morgan fingerprint density at radius 3 is 2.53 bits per heavy atom. The molecule has 0 saturated carbocycles. The average Bonchev–Trinajstić information content (AvgIpc) is 2.33. The third-order valence-corrected chi connectivity index (χ3v) is 2.48. The first kappa shape index (κ1) is 11.1. The van der Waals surface area contributed by atoms with Crippen molar-refractivity contribution in [2.45, 2.75) is 6.92 Å². The number of nitrogen functional groups attached to an aromatic ring is 1. The topological polar surface area (TPSA) is 82.0 Å². The fourth-order valence-corrected chi connectivity index (χ4v) is 1.56. The van der Waals surface area contributed by atoms with E-state index < -0.39 is 4.92 Å². The van der Waals surface area contributed by atoms with Crippen LogP contribution in [-0.2, 0) is 0 Å². The second-order valence-corrected chi connectivity index (χ2v) is 3.65. The van der Waals surface area contributed by atoms with Gasteiger partial charge in [-0.1, -0.05) is 30.3 Å². The van der Waals surface area contributed by atoms with Gasteiger partial charge in [-0.05, 0) is 6.92 Å². The molecule has 0 unspecified atom stereocenters. The summed E-state index contributed by atoms with van der Waals surface area (Å²) in [5.41, 5.74) is 7.55. The van der Waals surface area contributed by atoms with Crippen LogP contribution in [0.2, 0.25) is 0 Å². The van der Waals surface area contributed by atoms with Gasteiger partial charge in [0.1, 0.15) is 5.69 Å². The van der Waals surface area contributed by atoms with Crippen LogP contribution in [0.5, 0.6) is 0 Å². The molecule has 2 aromatic rings. The summed E-state index contributed by atoms with van der Waals surface area (Å²) in [6.45, 7) is 1.73. The molecule has 0 aliphatic rings. The Hall–Kier alpha value is -2.43. The lowest BCUT2D eigenvalue weighted by Gasteiger charge is -2.05. The van der Waals surface area contributed by atoms with E-state index in [1.165, 1.54) is 6.07 Å². The second kappa shape index (κ2) is 4.21. The van der Waals surface area contributed by atoms with Gasteiger partial charge in [0.15, 0.2) is 0 Å². The maximum atomic E-state index is 11.0. The van der Waals surface area contributed by atoms with Crippen molar-refractivity contribution in [3.63, 3.8) is 0 Å². The summed E-state index contributed by atoms with van der Waals surface area (Å²) >= 11 is 0. The number of benzene rings is 1. The lowest BCUT2D eigenvalue weighted by Crippen LogP contribution is -2.00. The van der Waals surface area contributed by atoms with Crippen LogP contribution in [0.25, 0.3) is 11.3 Å². The first-order valence-electron chi connectivity index (χ1n) is 5.06. The summed E-state index contributed by atoms with van der Waals surface area (Å²) in [4.78, 5) is 14.7. The van der Waals surface area contributed by atoms with E-state index >= 15 is 0 Å². The lowest BCUT2D eigenvalue weighted by atomic mass is 10.1. The Kier molecular flexibility index (Phi) is 2.74. The van der Waals surface area contributed by atoms with Gasteiger partial charge in [-0.15, -0.1) is 0 Å². The quantitative estimate of drug-likeness (QED) is 0.633. The highest BCUT2D eigenvalue weighted by molar-refractivity contribution is 5.72. The molecule has 2 rings (SSSR count). The fraction of sp³-hybridized carbons (Fsp3) is 0.0833. The van der Waals surface area contributed by atoms with Gasteiger partial charge in [0.2, 0.25) is 0 Å². The van der Waals surface area contributed by atoms with Crippen molar-refractivity contribution >= 4 is 11.4 Å². The summed E-state index contributed by atoms with van der Waals surface area (Å²) in [5.74, 6) is 0. The monoisotopic (exact) mass is 229 g/mol. The van der Waals surface area contributed by atoms with E-state index in [1.54, 1.807) is 19.1 Å². The van der Waals surface area contributed by atoms with E-state index in [0.29, 0.717) is 22.6 Å². The molecule has 5 nitrogen and oxygen atoms in total. The number of rotatable bonds is 2. The van der Waals surface area contributed by atoms with Crippen LogP contribution in [0.4, 0.5) is 11.4 Å². The molecular weight excluding hydrogens is 218 g/mol. The number of pyridine rings is 1. The predicted octanol–water partition coefficient (Wildman–Crippen LogP) is 2.55. The molecule has 0 saturated heterocycles. The molecule has 1 aromatic carbocycles. The Bertz CT molecular complexity index is 567. The van der Waals surface area contributed by atoms with E-state index in [2.05, 4.69) is 4.98 Å². The molecule has 0 aliphatic carbocycles. The SMILES string of the molecule is Cc1nc(-c2ccccc2)c([N+](=O)[O-])cc1N. The Balaban J connectivity index is 2.68. The van der Waals surface area contributed by atoms with Gasteiger partial charge in [-0.2, -0.15) is 0 Å². The van der Waals surface area contributed by atoms with Gasteiger partial charge >= 0.3 is 0 Å². The lowest BCUT2D eigenvalue weighted by molar-refractivity contribution is -0.384. The van der Waals surface area contributed by atoms with Gasteiger partial charge < -0.3 is 5.73 Å². The number of aromatic nitrogens is 1. The Morgan fingerprint density at radius 1 is 1.29 bits per heavy atom. The van der Waals surface area contributed by atoms with Crippen molar-refractivity contribution in [2.75, 3.05) is 5.73 Å². The highest BCUT2D eigenvalue weighted by Crippen LogP contribution is 2.30. The van der Waals surface area contributed by atoms with Crippen LogP contribution in [-0.4, -0.2) is 9.91 Å². The number of nitrogens with zero attached hydrogens (tertiary/aromatic N) is 2. The van der Waals surface area contributed by atoms with Crippen molar-refractivity contribution in [2.24, 2.45) is 0 Å². The average molecular weight is 229 g/mol. The molecule has 0 amide bonds. The molecule has 5 heteroatoms. The zero-order valence-electron chi connectivity index (χ0n) is 9.25. The molecule has 0 bridgehead atoms. The number of aryl methyl sites for hydroxylation is 1. The molecular formula is C12H11N3O2. The summed E-state index contributed by atoms with van der Waals surface area (Å²) < 4.78 is 0. The molecule has 2 N–H and O–H groups in total. The van der Waals surface area contributed by atoms with Crippen molar-refractivity contribution in [1.82, 2.24) is 4.98 Å². The van der Waals surface area contributed by atoms with Crippen molar-refractivity contribution in [3.8, 4) is 11.3 Å². The summed E-state index contributed by atoms with van der Waals surface area (Å²) in [6.07, 6.45) is 0. The normalized spacial score (nSPS) is 10.2. The van der Waals surface area contributed by atoms with Gasteiger partial charge in [0.25, 0.3) is 5.69 Å². The van der Waals surface area contributed by atoms with E-state index in [9.17, 15) is 10.1 Å². The third kappa shape index (κ3) is 2.08. The van der Waals surface area contributed by atoms with Crippen LogP contribution in [0, 0.1) is 17.0 Å². The highest BCUT2D eigenvalue weighted by atomic mass is 16.6. The second-order valence-electron chi connectivity index (χ2n) is 3.65. The molecule has 1 heterocycles. The molecule has 0 radical (unpaired) electrons. The minimum Gasteiger partial charge on any atom is -0.397 e. The zero-order chi connectivity index (χ0) is 12.4. The van der Waals surface area contributed by atoms with Gasteiger partial charge in [0, 0.05) is 11.6 Å². The maximum absolute atomic E-state index is 11.0. The molecule has 0 spiro atoms. The zero-order valence-corrected chi connectivity index (χ0v) is 9.25. The van der Waals surface area contributed by atoms with Crippen molar-refractivity contribution < 1.29 is 4.92 Å². The standard InChI is InChI=1S/C12H11N3O2/c1-8-10(13)7-11(15(16)17)12(14-8)9-5-3-2-4-6-9/h2-7H,13H2,1H3. The van der Waals surface area contributed by atoms with Crippen molar-refractivity contribution in [1.29, 1.82) is 0 Å². The first-order valence-corrected chi connectivity index (χ1v) is 5.06. The Morgan fingerprint density at radius 2 is 1.94 bits per heavy atom. The largest absolute Gasteiger partial charge is 0.397 e. The molecule has 1 aromatic heterocycles. The molecule has 0 aliphatic heterocycles. The summed E-state index contributed by atoms with van der Waals surface area (Å²) in [6, 6.07) is 10.4. The van der Waals surface area contributed by atoms with Crippen LogP contribution < -0.4 is 5.73 Å². The van der Waals surface area contributed by atoms with E-state index in [-0.39, 0.29) is 5.69 Å². The van der Waals surface area contributed by atoms with Crippen LogP contribution in [0.3, 0.4) is 0 Å². The smallest absolute Gasteiger partial charge is 0.297 e. The molecule has 17 heavy (non-hydrogen) atoms. The highest BCUT2D eigenvalue weighted by Gasteiger charge is 2.18. The van der Waals surface area contributed by atoms with E-state index in [0.717, 1.165) is 0 Å². The minimum atomic E-state index is -0.467. The minimum absolute atomic E-state index is 0.0701. The number of anilines is 1. The van der Waals surface area contributed by atoms with E-state index in [1.807, 2.05) is 18.2 Å².